The van der Waals surface area contributed by atoms with Crippen LogP contribution in [0.3, 0.4) is 0 Å². The number of amides is 1. The van der Waals surface area contributed by atoms with E-state index < -0.39 is 17.7 Å². The van der Waals surface area contributed by atoms with Gasteiger partial charge in [-0.2, -0.15) is 4.39 Å². The largest absolute Gasteiger partial charge is 0.396 e. The van der Waals surface area contributed by atoms with Gasteiger partial charge in [-0.25, -0.2) is 9.37 Å². The maximum Gasteiger partial charge on any atom is 0.254 e. The fraction of sp³-hybridized carbons (Fsp3) is 0.571. The van der Waals surface area contributed by atoms with Gasteiger partial charge in [-0.3, -0.25) is 4.79 Å². The molecule has 1 amide bonds. The zero-order valence-electron chi connectivity index (χ0n) is 11.2. The Morgan fingerprint density at radius 3 is 2.70 bits per heavy atom. The highest BCUT2D eigenvalue weighted by Crippen LogP contribution is 2.35. The summed E-state index contributed by atoms with van der Waals surface area (Å²) in [6.45, 7) is 0.256. The normalized spacial score (nSPS) is 17.8. The monoisotopic (exact) mass is 284 g/mol. The van der Waals surface area contributed by atoms with Crippen LogP contribution in [-0.4, -0.2) is 29.1 Å². The van der Waals surface area contributed by atoms with Crippen molar-refractivity contribution in [3.05, 3.63) is 29.6 Å². The third kappa shape index (κ3) is 3.12. The van der Waals surface area contributed by atoms with Crippen molar-refractivity contribution in [3.8, 4) is 0 Å². The molecule has 1 aliphatic rings. The number of nitrogens with one attached hydrogen (secondary N) is 1. The van der Waals surface area contributed by atoms with E-state index in [4.69, 9.17) is 0 Å². The van der Waals surface area contributed by atoms with Gasteiger partial charge < -0.3 is 10.4 Å². The summed E-state index contributed by atoms with van der Waals surface area (Å²) >= 11 is 0. The highest BCUT2D eigenvalue weighted by Gasteiger charge is 2.32. The molecule has 0 saturated heterocycles. The van der Waals surface area contributed by atoms with Gasteiger partial charge in [0.2, 0.25) is 5.95 Å². The summed E-state index contributed by atoms with van der Waals surface area (Å²) in [6.07, 6.45) is 5.85. The zero-order chi connectivity index (χ0) is 14.6. The van der Waals surface area contributed by atoms with Crippen LogP contribution < -0.4 is 5.32 Å². The van der Waals surface area contributed by atoms with Crippen LogP contribution in [0, 0.1) is 17.2 Å². The van der Waals surface area contributed by atoms with Crippen LogP contribution in [0.25, 0.3) is 0 Å². The Morgan fingerprint density at radius 2 is 2.05 bits per heavy atom. The summed E-state index contributed by atoms with van der Waals surface area (Å²) in [4.78, 5) is 15.0. The van der Waals surface area contributed by atoms with Crippen LogP contribution in [0.4, 0.5) is 8.78 Å². The molecule has 0 atom stereocenters. The molecule has 110 valence electrons. The first kappa shape index (κ1) is 14.8. The van der Waals surface area contributed by atoms with Gasteiger partial charge in [0.25, 0.3) is 5.91 Å². The summed E-state index contributed by atoms with van der Waals surface area (Å²) in [7, 11) is 0. The van der Waals surface area contributed by atoms with E-state index in [0.717, 1.165) is 44.4 Å². The standard InChI is InChI=1S/C14H18F2N2O2/c15-11-10(4-7-17-12(11)16)13(20)18-8-14(9-19)5-2-1-3-6-14/h4,7,19H,1-3,5-6,8-9H2,(H,18,20). The Hall–Kier alpha value is -1.56. The second-order valence-corrected chi connectivity index (χ2v) is 5.36. The van der Waals surface area contributed by atoms with Gasteiger partial charge in [0.15, 0.2) is 5.82 Å². The molecule has 6 heteroatoms. The molecule has 1 saturated carbocycles. The minimum absolute atomic E-state index is 0.0134. The van der Waals surface area contributed by atoms with Gasteiger partial charge >= 0.3 is 0 Å². The van der Waals surface area contributed by atoms with Gasteiger partial charge in [0.1, 0.15) is 0 Å². The second-order valence-electron chi connectivity index (χ2n) is 5.36. The summed E-state index contributed by atoms with van der Waals surface area (Å²) in [5.41, 5.74) is -0.697. The molecule has 0 bridgehead atoms. The van der Waals surface area contributed by atoms with E-state index >= 15 is 0 Å². The first-order chi connectivity index (χ1) is 9.58. The summed E-state index contributed by atoms with van der Waals surface area (Å²) < 4.78 is 26.4. The number of aromatic nitrogens is 1. The van der Waals surface area contributed by atoms with Gasteiger partial charge in [0.05, 0.1) is 12.2 Å². The van der Waals surface area contributed by atoms with Crippen LogP contribution >= 0.6 is 0 Å². The van der Waals surface area contributed by atoms with Gasteiger partial charge in [-0.1, -0.05) is 19.3 Å². The van der Waals surface area contributed by atoms with Gasteiger partial charge in [0, 0.05) is 18.2 Å². The van der Waals surface area contributed by atoms with Crippen molar-refractivity contribution in [2.45, 2.75) is 32.1 Å². The van der Waals surface area contributed by atoms with Crippen LogP contribution in [-0.2, 0) is 0 Å². The van der Waals surface area contributed by atoms with E-state index in [2.05, 4.69) is 10.3 Å². The molecule has 20 heavy (non-hydrogen) atoms. The molecule has 0 unspecified atom stereocenters. The van der Waals surface area contributed by atoms with E-state index in [-0.39, 0.29) is 24.1 Å². The molecule has 0 spiro atoms. The Bertz CT molecular complexity index is 488. The van der Waals surface area contributed by atoms with Crippen molar-refractivity contribution in [2.75, 3.05) is 13.2 Å². The van der Waals surface area contributed by atoms with Crippen molar-refractivity contribution in [2.24, 2.45) is 5.41 Å². The summed E-state index contributed by atoms with van der Waals surface area (Å²) in [6, 6.07) is 1.14. The van der Waals surface area contributed by atoms with E-state index in [9.17, 15) is 18.7 Å². The average Bonchev–Trinajstić information content (AvgIpc) is 2.48. The summed E-state index contributed by atoms with van der Waals surface area (Å²) in [5.74, 6) is -3.21. The highest BCUT2D eigenvalue weighted by molar-refractivity contribution is 5.94. The Morgan fingerprint density at radius 1 is 1.35 bits per heavy atom. The third-order valence-corrected chi connectivity index (χ3v) is 3.96. The number of hydrogen-bond acceptors (Lipinski definition) is 3. The quantitative estimate of drug-likeness (QED) is 0.832. The molecule has 2 rings (SSSR count). The van der Waals surface area contributed by atoms with E-state index in [1.165, 1.54) is 0 Å². The Balaban J connectivity index is 2.02. The van der Waals surface area contributed by atoms with Crippen molar-refractivity contribution >= 4 is 5.91 Å². The first-order valence-corrected chi connectivity index (χ1v) is 6.77. The predicted octanol–water partition coefficient (Wildman–Crippen LogP) is 2.03. The van der Waals surface area contributed by atoms with Gasteiger partial charge in [-0.05, 0) is 18.9 Å². The minimum atomic E-state index is -1.29. The molecular weight excluding hydrogens is 266 g/mol. The molecule has 0 aromatic carbocycles. The molecule has 1 aromatic heterocycles. The zero-order valence-corrected chi connectivity index (χ0v) is 11.2. The molecule has 1 aromatic rings. The number of carbonyl (C=O) groups excluding carboxylic acids is 1. The molecule has 1 aliphatic carbocycles. The molecule has 4 nitrogen and oxygen atoms in total. The molecule has 2 N–H and O–H groups in total. The lowest BCUT2D eigenvalue weighted by atomic mass is 9.74. The van der Waals surface area contributed by atoms with Crippen molar-refractivity contribution in [3.63, 3.8) is 0 Å². The lowest BCUT2D eigenvalue weighted by molar-refractivity contribution is 0.0715. The molecule has 0 aliphatic heterocycles. The smallest absolute Gasteiger partial charge is 0.254 e. The van der Waals surface area contributed by atoms with Crippen LogP contribution in [0.1, 0.15) is 42.5 Å². The fourth-order valence-corrected chi connectivity index (χ4v) is 2.65. The Kier molecular flexibility index (Phi) is 4.65. The number of aliphatic hydroxyl groups excluding tert-OH is 1. The lowest BCUT2D eigenvalue weighted by Crippen LogP contribution is -2.41. The van der Waals surface area contributed by atoms with Crippen LogP contribution in [0.2, 0.25) is 0 Å². The van der Waals surface area contributed by atoms with Crippen molar-refractivity contribution in [1.29, 1.82) is 0 Å². The maximum absolute atomic E-state index is 13.4. The lowest BCUT2D eigenvalue weighted by Gasteiger charge is -2.35. The van der Waals surface area contributed by atoms with Crippen LogP contribution in [0.5, 0.6) is 0 Å². The average molecular weight is 284 g/mol. The number of carbonyl (C=O) groups is 1. The predicted molar refractivity (Wildman–Crippen MR) is 69.1 cm³/mol. The first-order valence-electron chi connectivity index (χ1n) is 6.77. The SMILES string of the molecule is O=C(NCC1(CO)CCCCC1)c1ccnc(F)c1F. The third-order valence-electron chi connectivity index (χ3n) is 3.96. The highest BCUT2D eigenvalue weighted by atomic mass is 19.2. The number of rotatable bonds is 4. The number of aliphatic hydroxyl groups is 1. The van der Waals surface area contributed by atoms with E-state index in [0.29, 0.717) is 0 Å². The van der Waals surface area contributed by atoms with Crippen LogP contribution in [0.15, 0.2) is 12.3 Å². The number of nitrogens with zero attached hydrogens (tertiary/aromatic N) is 1. The molecule has 0 radical (unpaired) electrons. The van der Waals surface area contributed by atoms with E-state index in [1.807, 2.05) is 0 Å². The topological polar surface area (TPSA) is 62.2 Å². The number of hydrogen-bond donors (Lipinski definition) is 2. The minimum Gasteiger partial charge on any atom is -0.396 e. The van der Waals surface area contributed by atoms with Crippen molar-refractivity contribution in [1.82, 2.24) is 10.3 Å². The molecule has 1 fully saturated rings. The number of pyridine rings is 1. The molecular formula is C14H18F2N2O2. The molecule has 1 heterocycles. The van der Waals surface area contributed by atoms with Crippen molar-refractivity contribution < 1.29 is 18.7 Å². The van der Waals surface area contributed by atoms with E-state index in [1.54, 1.807) is 0 Å². The second kappa shape index (κ2) is 6.26. The van der Waals surface area contributed by atoms with Gasteiger partial charge in [-0.15, -0.1) is 0 Å². The number of halogens is 2. The summed E-state index contributed by atoms with van der Waals surface area (Å²) in [5, 5.41) is 12.1. The fourth-order valence-electron chi connectivity index (χ4n) is 2.65. The maximum atomic E-state index is 13.4. The Labute approximate surface area is 116 Å².